The van der Waals surface area contributed by atoms with Gasteiger partial charge >= 0.3 is 0 Å². The molecule has 2 rings (SSSR count). The number of likely N-dealkylation sites (N-methyl/N-ethyl adjacent to an activating group) is 1. The molecule has 106 valence electrons. The van der Waals surface area contributed by atoms with Gasteiger partial charge in [-0.05, 0) is 37.6 Å². The predicted octanol–water partition coefficient (Wildman–Crippen LogP) is 2.99. The second kappa shape index (κ2) is 7.78. The average molecular weight is 270 g/mol. The fourth-order valence-electron chi connectivity index (χ4n) is 2.40. The molecule has 0 aliphatic rings. The third-order valence-electron chi connectivity index (χ3n) is 3.39. The van der Waals surface area contributed by atoms with Crippen LogP contribution in [-0.2, 0) is 11.2 Å². The fourth-order valence-corrected chi connectivity index (χ4v) is 2.40. The summed E-state index contributed by atoms with van der Waals surface area (Å²) in [6.45, 7) is 2.73. The van der Waals surface area contributed by atoms with Gasteiger partial charge in [-0.25, -0.2) is 0 Å². The minimum absolute atomic E-state index is 0.0476. The lowest BCUT2D eigenvalue weighted by Crippen LogP contribution is -2.35. The highest BCUT2D eigenvalue weighted by Gasteiger charge is 2.22. The second-order valence-corrected chi connectivity index (χ2v) is 4.75. The van der Waals surface area contributed by atoms with Crippen molar-refractivity contribution < 1.29 is 4.74 Å². The lowest BCUT2D eigenvalue weighted by Gasteiger charge is -2.27. The van der Waals surface area contributed by atoms with E-state index in [2.05, 4.69) is 40.6 Å². The van der Waals surface area contributed by atoms with Crippen molar-refractivity contribution in [1.29, 1.82) is 0 Å². The molecule has 0 aliphatic carbocycles. The zero-order chi connectivity index (χ0) is 14.2. The zero-order valence-electron chi connectivity index (χ0n) is 12.1. The molecule has 0 amide bonds. The van der Waals surface area contributed by atoms with Crippen molar-refractivity contribution >= 4 is 0 Å². The van der Waals surface area contributed by atoms with Crippen LogP contribution in [0.1, 0.15) is 24.2 Å². The molecule has 0 fully saturated rings. The summed E-state index contributed by atoms with van der Waals surface area (Å²) in [5, 5.41) is 3.38. The molecule has 0 bridgehead atoms. The van der Waals surface area contributed by atoms with Crippen LogP contribution >= 0.6 is 0 Å². The first-order valence-electron chi connectivity index (χ1n) is 7.08. The topological polar surface area (TPSA) is 34.1 Å². The van der Waals surface area contributed by atoms with Crippen molar-refractivity contribution in [2.45, 2.75) is 25.5 Å². The number of benzene rings is 1. The Morgan fingerprint density at radius 3 is 2.55 bits per heavy atom. The lowest BCUT2D eigenvalue weighted by atomic mass is 9.96. The van der Waals surface area contributed by atoms with Crippen molar-refractivity contribution in [3.05, 3.63) is 66.0 Å². The molecule has 0 radical (unpaired) electrons. The normalized spacial score (nSPS) is 13.9. The Balaban J connectivity index is 2.17. The van der Waals surface area contributed by atoms with E-state index < -0.39 is 0 Å². The summed E-state index contributed by atoms with van der Waals surface area (Å²) < 4.78 is 5.97. The van der Waals surface area contributed by atoms with Gasteiger partial charge in [0.25, 0.3) is 0 Å². The van der Waals surface area contributed by atoms with E-state index in [1.54, 1.807) is 6.20 Å². The van der Waals surface area contributed by atoms with Gasteiger partial charge < -0.3 is 10.1 Å². The smallest absolute Gasteiger partial charge is 0.0980 e. The first kappa shape index (κ1) is 14.7. The Bertz CT molecular complexity index is 487. The SMILES string of the molecule is CCOC(c1ccccc1)C(Cc1cccnc1)NC. The van der Waals surface area contributed by atoms with Crippen molar-refractivity contribution in [3.8, 4) is 0 Å². The molecule has 2 unspecified atom stereocenters. The molecule has 0 spiro atoms. The third kappa shape index (κ3) is 3.89. The molecule has 3 heteroatoms. The molecule has 1 aromatic carbocycles. The maximum Gasteiger partial charge on any atom is 0.0980 e. The summed E-state index contributed by atoms with van der Waals surface area (Å²) in [5.41, 5.74) is 2.42. The Kier molecular flexibility index (Phi) is 5.71. The van der Waals surface area contributed by atoms with E-state index in [1.807, 2.05) is 32.3 Å². The van der Waals surface area contributed by atoms with Crippen LogP contribution in [0.3, 0.4) is 0 Å². The lowest BCUT2D eigenvalue weighted by molar-refractivity contribution is 0.0352. The van der Waals surface area contributed by atoms with Gasteiger partial charge in [0.1, 0.15) is 0 Å². The number of hydrogen-bond acceptors (Lipinski definition) is 3. The quantitative estimate of drug-likeness (QED) is 0.840. The van der Waals surface area contributed by atoms with E-state index in [0.717, 1.165) is 6.42 Å². The maximum absolute atomic E-state index is 5.97. The Hall–Kier alpha value is -1.71. The summed E-state index contributed by atoms with van der Waals surface area (Å²) in [7, 11) is 1.98. The summed E-state index contributed by atoms with van der Waals surface area (Å²) in [6, 6.07) is 14.7. The van der Waals surface area contributed by atoms with E-state index in [1.165, 1.54) is 11.1 Å². The summed E-state index contributed by atoms with van der Waals surface area (Å²) in [6.07, 6.45) is 4.66. The maximum atomic E-state index is 5.97. The van der Waals surface area contributed by atoms with Crippen LogP contribution in [0.25, 0.3) is 0 Å². The zero-order valence-corrected chi connectivity index (χ0v) is 12.1. The largest absolute Gasteiger partial charge is 0.372 e. The molecule has 2 atom stereocenters. The summed E-state index contributed by atoms with van der Waals surface area (Å²) >= 11 is 0. The average Bonchev–Trinajstić information content (AvgIpc) is 2.52. The number of hydrogen-bond donors (Lipinski definition) is 1. The van der Waals surface area contributed by atoms with Gasteiger partial charge in [0, 0.05) is 25.0 Å². The molecule has 1 N–H and O–H groups in total. The molecule has 1 heterocycles. The number of ether oxygens (including phenoxy) is 1. The summed E-state index contributed by atoms with van der Waals surface area (Å²) in [5.74, 6) is 0. The minimum atomic E-state index is 0.0476. The van der Waals surface area contributed by atoms with Crippen LogP contribution in [0.15, 0.2) is 54.9 Å². The van der Waals surface area contributed by atoms with E-state index in [-0.39, 0.29) is 12.1 Å². The second-order valence-electron chi connectivity index (χ2n) is 4.75. The standard InChI is InChI=1S/C17H22N2O/c1-3-20-17(15-9-5-4-6-10-15)16(18-2)12-14-8-7-11-19-13-14/h4-11,13,16-18H,3,12H2,1-2H3. The Morgan fingerprint density at radius 1 is 1.15 bits per heavy atom. The van der Waals surface area contributed by atoms with Crippen molar-refractivity contribution in [2.24, 2.45) is 0 Å². The van der Waals surface area contributed by atoms with Crippen molar-refractivity contribution in [3.63, 3.8) is 0 Å². The molecule has 0 aliphatic heterocycles. The fraction of sp³-hybridized carbons (Fsp3) is 0.353. The van der Waals surface area contributed by atoms with Gasteiger partial charge in [0.2, 0.25) is 0 Å². The number of rotatable bonds is 7. The first-order chi connectivity index (χ1) is 9.85. The van der Waals surface area contributed by atoms with Gasteiger partial charge in [0.05, 0.1) is 6.10 Å². The number of aromatic nitrogens is 1. The van der Waals surface area contributed by atoms with Crippen molar-refractivity contribution in [2.75, 3.05) is 13.7 Å². The molecule has 20 heavy (non-hydrogen) atoms. The molecule has 2 aromatic rings. The molecule has 3 nitrogen and oxygen atoms in total. The van der Waals surface area contributed by atoms with E-state index in [9.17, 15) is 0 Å². The third-order valence-corrected chi connectivity index (χ3v) is 3.39. The predicted molar refractivity (Wildman–Crippen MR) is 81.6 cm³/mol. The van der Waals surface area contributed by atoms with Crippen LogP contribution in [-0.4, -0.2) is 24.7 Å². The Labute approximate surface area is 121 Å². The van der Waals surface area contributed by atoms with E-state index in [4.69, 9.17) is 4.74 Å². The van der Waals surface area contributed by atoms with Crippen LogP contribution in [0.4, 0.5) is 0 Å². The van der Waals surface area contributed by atoms with Crippen LogP contribution in [0, 0.1) is 0 Å². The van der Waals surface area contributed by atoms with Gasteiger partial charge in [-0.1, -0.05) is 36.4 Å². The summed E-state index contributed by atoms with van der Waals surface area (Å²) in [4.78, 5) is 4.18. The van der Waals surface area contributed by atoms with E-state index >= 15 is 0 Å². The number of nitrogens with zero attached hydrogens (tertiary/aromatic N) is 1. The van der Waals surface area contributed by atoms with Crippen LogP contribution in [0.5, 0.6) is 0 Å². The molecule has 0 saturated carbocycles. The van der Waals surface area contributed by atoms with Crippen molar-refractivity contribution in [1.82, 2.24) is 10.3 Å². The number of nitrogens with one attached hydrogen (secondary N) is 1. The highest BCUT2D eigenvalue weighted by molar-refractivity contribution is 5.21. The van der Waals surface area contributed by atoms with Crippen LogP contribution in [0.2, 0.25) is 0 Å². The molecule has 0 saturated heterocycles. The first-order valence-corrected chi connectivity index (χ1v) is 7.08. The highest BCUT2D eigenvalue weighted by atomic mass is 16.5. The highest BCUT2D eigenvalue weighted by Crippen LogP contribution is 2.23. The monoisotopic (exact) mass is 270 g/mol. The molecule has 1 aromatic heterocycles. The molecular formula is C17H22N2O. The van der Waals surface area contributed by atoms with Gasteiger partial charge in [-0.3, -0.25) is 4.98 Å². The van der Waals surface area contributed by atoms with E-state index in [0.29, 0.717) is 6.61 Å². The van der Waals surface area contributed by atoms with Gasteiger partial charge in [-0.15, -0.1) is 0 Å². The number of pyridine rings is 1. The Morgan fingerprint density at radius 2 is 1.95 bits per heavy atom. The van der Waals surface area contributed by atoms with Gasteiger partial charge in [0.15, 0.2) is 0 Å². The minimum Gasteiger partial charge on any atom is -0.372 e. The van der Waals surface area contributed by atoms with Gasteiger partial charge in [-0.2, -0.15) is 0 Å². The van der Waals surface area contributed by atoms with Crippen LogP contribution < -0.4 is 5.32 Å². The molecular weight excluding hydrogens is 248 g/mol.